The second-order valence-corrected chi connectivity index (χ2v) is 0.888. The minimum atomic E-state index is 0.406. The van der Waals surface area contributed by atoms with E-state index >= 15 is 0 Å². The summed E-state index contributed by atoms with van der Waals surface area (Å²) in [5.74, 6) is 0. The number of allylic oxidation sites excluding steroid dienone is 1. The minimum Gasteiger partial charge on any atom is -0.206 e. The molecular weight excluding hydrogens is 79.1 g/mol. The molecule has 0 unspecified atom stereocenters. The van der Waals surface area contributed by atoms with Crippen molar-refractivity contribution in [2.75, 3.05) is 0 Å². The third-order valence-corrected chi connectivity index (χ3v) is 0.385. The first-order valence-electron chi connectivity index (χ1n) is 1.91. The van der Waals surface area contributed by atoms with Crippen LogP contribution in [0.3, 0.4) is 0 Å². The van der Waals surface area contributed by atoms with Crippen molar-refractivity contribution in [3.05, 3.63) is 18.1 Å². The quantitative estimate of drug-likeness (QED) is 0.428. The molecule has 0 heterocycles. The molecule has 0 spiro atoms. The van der Waals surface area contributed by atoms with Gasteiger partial charge < -0.3 is 0 Å². The summed E-state index contributed by atoms with van der Waals surface area (Å²) in [4.78, 5) is 0. The SMILES string of the molecule is CCC=C=CF. The highest BCUT2D eigenvalue weighted by atomic mass is 19.1. The van der Waals surface area contributed by atoms with Crippen molar-refractivity contribution in [1.82, 2.24) is 0 Å². The number of rotatable bonds is 1. The van der Waals surface area contributed by atoms with Crippen molar-refractivity contribution in [3.8, 4) is 0 Å². The predicted octanol–water partition coefficient (Wildman–Crippen LogP) is 2.03. The molecule has 0 nitrogen and oxygen atoms in total. The Bertz CT molecular complexity index is 68.0. The van der Waals surface area contributed by atoms with E-state index in [9.17, 15) is 4.39 Å². The van der Waals surface area contributed by atoms with Gasteiger partial charge >= 0.3 is 0 Å². The molecule has 0 aliphatic heterocycles. The molecule has 0 bridgehead atoms. The maximum Gasteiger partial charge on any atom is 0.128 e. The maximum atomic E-state index is 10.9. The molecule has 1 heteroatoms. The van der Waals surface area contributed by atoms with Crippen LogP contribution in [0.1, 0.15) is 13.3 Å². The van der Waals surface area contributed by atoms with Crippen LogP contribution in [0.15, 0.2) is 18.1 Å². The van der Waals surface area contributed by atoms with Gasteiger partial charge in [-0.15, -0.1) is 0 Å². The Balaban J connectivity index is 3.18. The fourth-order valence-electron chi connectivity index (χ4n) is 0.162. The lowest BCUT2D eigenvalue weighted by Crippen LogP contribution is -1.41. The molecule has 0 aromatic rings. The van der Waals surface area contributed by atoms with Gasteiger partial charge in [-0.25, -0.2) is 4.39 Å². The van der Waals surface area contributed by atoms with Gasteiger partial charge in [0.25, 0.3) is 0 Å². The lowest BCUT2D eigenvalue weighted by molar-refractivity contribution is 0.723. The molecule has 0 radical (unpaired) electrons. The van der Waals surface area contributed by atoms with Crippen LogP contribution in [0.2, 0.25) is 0 Å². The van der Waals surface area contributed by atoms with Crippen molar-refractivity contribution < 1.29 is 4.39 Å². The fraction of sp³-hybridized carbons (Fsp3) is 0.400. The molecule has 0 aliphatic carbocycles. The third-order valence-electron chi connectivity index (χ3n) is 0.385. The summed E-state index contributed by atoms with van der Waals surface area (Å²) >= 11 is 0. The summed E-state index contributed by atoms with van der Waals surface area (Å²) in [6.45, 7) is 1.93. The zero-order valence-electron chi connectivity index (χ0n) is 3.74. The van der Waals surface area contributed by atoms with Gasteiger partial charge in [-0.1, -0.05) is 12.7 Å². The van der Waals surface area contributed by atoms with Gasteiger partial charge in [0.15, 0.2) is 0 Å². The molecule has 0 rings (SSSR count). The van der Waals surface area contributed by atoms with Crippen LogP contribution in [0.4, 0.5) is 4.39 Å². The molecular formula is C5H7F. The first kappa shape index (κ1) is 5.45. The lowest BCUT2D eigenvalue weighted by atomic mass is 10.5. The molecule has 0 amide bonds. The van der Waals surface area contributed by atoms with Gasteiger partial charge in [-0.05, 0) is 12.5 Å². The van der Waals surface area contributed by atoms with Crippen LogP contribution in [-0.2, 0) is 0 Å². The van der Waals surface area contributed by atoms with Gasteiger partial charge in [-0.2, -0.15) is 0 Å². The van der Waals surface area contributed by atoms with E-state index in [1.807, 2.05) is 6.92 Å². The van der Waals surface area contributed by atoms with Crippen molar-refractivity contribution in [3.63, 3.8) is 0 Å². The summed E-state index contributed by atoms with van der Waals surface area (Å²) in [7, 11) is 0. The zero-order chi connectivity index (χ0) is 4.83. The Morgan fingerprint density at radius 2 is 2.50 bits per heavy atom. The van der Waals surface area contributed by atoms with E-state index in [4.69, 9.17) is 0 Å². The Morgan fingerprint density at radius 1 is 1.83 bits per heavy atom. The Labute approximate surface area is 37.0 Å². The van der Waals surface area contributed by atoms with E-state index in [1.54, 1.807) is 6.08 Å². The summed E-state index contributed by atoms with van der Waals surface area (Å²) in [5.41, 5.74) is 2.28. The number of hydrogen-bond donors (Lipinski definition) is 0. The van der Waals surface area contributed by atoms with E-state index in [0.29, 0.717) is 6.33 Å². The summed E-state index contributed by atoms with van der Waals surface area (Å²) < 4.78 is 10.9. The van der Waals surface area contributed by atoms with Crippen LogP contribution >= 0.6 is 0 Å². The summed E-state index contributed by atoms with van der Waals surface area (Å²) in [6.07, 6.45) is 2.88. The number of halogens is 1. The fourth-order valence-corrected chi connectivity index (χ4v) is 0.162. The second kappa shape index (κ2) is 4.45. The predicted molar refractivity (Wildman–Crippen MR) is 24.1 cm³/mol. The normalized spacial score (nSPS) is 6.33. The minimum absolute atomic E-state index is 0.406. The van der Waals surface area contributed by atoms with E-state index in [2.05, 4.69) is 5.73 Å². The average Bonchev–Trinajstić information content (AvgIpc) is 1.61. The van der Waals surface area contributed by atoms with Crippen LogP contribution in [0.25, 0.3) is 0 Å². The van der Waals surface area contributed by atoms with Crippen LogP contribution in [0.5, 0.6) is 0 Å². The molecule has 0 aromatic heterocycles. The second-order valence-electron chi connectivity index (χ2n) is 0.888. The van der Waals surface area contributed by atoms with Crippen LogP contribution < -0.4 is 0 Å². The van der Waals surface area contributed by atoms with Crippen LogP contribution in [-0.4, -0.2) is 0 Å². The third kappa shape index (κ3) is 3.45. The van der Waals surface area contributed by atoms with Crippen molar-refractivity contribution in [2.45, 2.75) is 13.3 Å². The maximum absolute atomic E-state index is 10.9. The lowest BCUT2D eigenvalue weighted by Gasteiger charge is -1.61. The summed E-state index contributed by atoms with van der Waals surface area (Å²) in [6, 6.07) is 0. The Morgan fingerprint density at radius 3 is 2.67 bits per heavy atom. The van der Waals surface area contributed by atoms with E-state index in [-0.39, 0.29) is 0 Å². The molecule has 0 saturated heterocycles. The molecule has 0 aromatic carbocycles. The first-order valence-corrected chi connectivity index (χ1v) is 1.91. The Kier molecular flexibility index (Phi) is 4.04. The zero-order valence-corrected chi connectivity index (χ0v) is 3.74. The topological polar surface area (TPSA) is 0 Å². The van der Waals surface area contributed by atoms with E-state index < -0.39 is 0 Å². The van der Waals surface area contributed by atoms with Gasteiger partial charge in [0.2, 0.25) is 0 Å². The van der Waals surface area contributed by atoms with E-state index in [1.165, 1.54) is 0 Å². The largest absolute Gasteiger partial charge is 0.206 e. The van der Waals surface area contributed by atoms with Gasteiger partial charge in [0.1, 0.15) is 6.33 Å². The molecule has 34 valence electrons. The van der Waals surface area contributed by atoms with Crippen LogP contribution in [0, 0.1) is 0 Å². The van der Waals surface area contributed by atoms with Crippen molar-refractivity contribution in [1.29, 1.82) is 0 Å². The highest BCUT2D eigenvalue weighted by Gasteiger charge is 1.53. The highest BCUT2D eigenvalue weighted by molar-refractivity contribution is 4.76. The number of hydrogen-bond acceptors (Lipinski definition) is 0. The molecule has 0 saturated carbocycles. The highest BCUT2D eigenvalue weighted by Crippen LogP contribution is 1.73. The smallest absolute Gasteiger partial charge is 0.128 e. The molecule has 0 fully saturated rings. The molecule has 0 atom stereocenters. The van der Waals surface area contributed by atoms with E-state index in [0.717, 1.165) is 6.42 Å². The van der Waals surface area contributed by atoms with Gasteiger partial charge in [-0.3, -0.25) is 0 Å². The van der Waals surface area contributed by atoms with Crippen molar-refractivity contribution >= 4 is 0 Å². The van der Waals surface area contributed by atoms with Crippen molar-refractivity contribution in [2.24, 2.45) is 0 Å². The monoisotopic (exact) mass is 86.1 g/mol. The summed E-state index contributed by atoms with van der Waals surface area (Å²) in [5, 5.41) is 0. The first-order chi connectivity index (χ1) is 2.91. The Hall–Kier alpha value is -0.550. The molecule has 0 N–H and O–H groups in total. The standard InChI is InChI=1S/C5H7F/c1-2-3-4-5-6/h3,5H,2H2,1H3. The van der Waals surface area contributed by atoms with Gasteiger partial charge in [0.05, 0.1) is 0 Å². The molecule has 0 aliphatic rings. The van der Waals surface area contributed by atoms with Gasteiger partial charge in [0, 0.05) is 0 Å². The molecule has 6 heavy (non-hydrogen) atoms. The average molecular weight is 86.1 g/mol.